The largest absolute Gasteiger partial charge is 0.309 e. The fraction of sp³-hybridized carbons (Fsp3) is 0.200. The van der Waals surface area contributed by atoms with Gasteiger partial charge in [0.05, 0.1) is 0 Å². The quantitative estimate of drug-likeness (QED) is 0.817. The Morgan fingerprint density at radius 3 is 2.47 bits per heavy atom. The van der Waals surface area contributed by atoms with Crippen LogP contribution in [0.1, 0.15) is 16.7 Å². The summed E-state index contributed by atoms with van der Waals surface area (Å²) in [7, 11) is 0. The van der Waals surface area contributed by atoms with Gasteiger partial charge in [-0.1, -0.05) is 30.3 Å². The van der Waals surface area contributed by atoms with Gasteiger partial charge in [-0.25, -0.2) is 8.78 Å². The zero-order valence-corrected chi connectivity index (χ0v) is 11.1. The number of halogens is 3. The second-order valence-corrected chi connectivity index (χ2v) is 4.56. The van der Waals surface area contributed by atoms with E-state index in [1.807, 2.05) is 24.3 Å². The summed E-state index contributed by atoms with van der Waals surface area (Å²) < 4.78 is 26.1. The summed E-state index contributed by atoms with van der Waals surface area (Å²) in [4.78, 5) is 0. The molecule has 0 aromatic heterocycles. The van der Waals surface area contributed by atoms with Gasteiger partial charge >= 0.3 is 0 Å². The summed E-state index contributed by atoms with van der Waals surface area (Å²) >= 11 is 5.76. The van der Waals surface area contributed by atoms with Crippen molar-refractivity contribution in [3.8, 4) is 0 Å². The Morgan fingerprint density at radius 2 is 1.74 bits per heavy atom. The molecular formula is C15H14ClF2N. The molecule has 0 unspecified atom stereocenters. The molecule has 2 rings (SSSR count). The summed E-state index contributed by atoms with van der Waals surface area (Å²) in [6.07, 6.45) is 0. The van der Waals surface area contributed by atoms with Crippen LogP contribution < -0.4 is 5.32 Å². The van der Waals surface area contributed by atoms with E-state index in [1.54, 1.807) is 0 Å². The van der Waals surface area contributed by atoms with E-state index in [2.05, 4.69) is 5.32 Å². The van der Waals surface area contributed by atoms with Crippen LogP contribution in [0.15, 0.2) is 42.5 Å². The highest BCUT2D eigenvalue weighted by atomic mass is 35.5. The SMILES string of the molecule is Fc1ccc(CNCc2cccc(CCl)c2)c(F)c1. The Balaban J connectivity index is 1.92. The van der Waals surface area contributed by atoms with Crippen LogP contribution in [-0.4, -0.2) is 0 Å². The normalized spacial score (nSPS) is 10.7. The van der Waals surface area contributed by atoms with Crippen LogP contribution in [0.5, 0.6) is 0 Å². The van der Waals surface area contributed by atoms with Crippen LogP contribution in [0.3, 0.4) is 0 Å². The molecule has 0 atom stereocenters. The zero-order valence-electron chi connectivity index (χ0n) is 10.3. The highest BCUT2D eigenvalue weighted by molar-refractivity contribution is 6.17. The van der Waals surface area contributed by atoms with Crippen LogP contribution in [0.2, 0.25) is 0 Å². The van der Waals surface area contributed by atoms with Crippen LogP contribution in [-0.2, 0) is 19.0 Å². The third kappa shape index (κ3) is 4.01. The minimum atomic E-state index is -0.559. The van der Waals surface area contributed by atoms with Gasteiger partial charge in [0.2, 0.25) is 0 Å². The summed E-state index contributed by atoms with van der Waals surface area (Å²) in [5, 5.41) is 3.12. The number of benzene rings is 2. The van der Waals surface area contributed by atoms with E-state index in [9.17, 15) is 8.78 Å². The van der Waals surface area contributed by atoms with Crippen molar-refractivity contribution in [2.24, 2.45) is 0 Å². The molecule has 100 valence electrons. The van der Waals surface area contributed by atoms with Gasteiger partial charge < -0.3 is 5.32 Å². The minimum absolute atomic E-state index is 0.358. The topological polar surface area (TPSA) is 12.0 Å². The van der Waals surface area contributed by atoms with E-state index in [4.69, 9.17) is 11.6 Å². The fourth-order valence-corrected chi connectivity index (χ4v) is 2.00. The van der Waals surface area contributed by atoms with E-state index in [1.165, 1.54) is 12.1 Å². The molecule has 0 aliphatic heterocycles. The lowest BCUT2D eigenvalue weighted by Gasteiger charge is -2.07. The van der Waals surface area contributed by atoms with E-state index in [-0.39, 0.29) is 0 Å². The monoisotopic (exact) mass is 281 g/mol. The molecule has 0 spiro atoms. The first-order valence-corrected chi connectivity index (χ1v) is 6.51. The summed E-state index contributed by atoms with van der Waals surface area (Å²) in [5.41, 5.74) is 2.59. The van der Waals surface area contributed by atoms with Crippen LogP contribution >= 0.6 is 11.6 Å². The van der Waals surface area contributed by atoms with E-state index < -0.39 is 11.6 Å². The Labute approximate surface area is 116 Å². The molecule has 0 fully saturated rings. The van der Waals surface area contributed by atoms with Crippen LogP contribution in [0.4, 0.5) is 8.78 Å². The van der Waals surface area contributed by atoms with Gasteiger partial charge in [0.25, 0.3) is 0 Å². The minimum Gasteiger partial charge on any atom is -0.309 e. The Bertz CT molecular complexity index is 558. The molecule has 19 heavy (non-hydrogen) atoms. The predicted octanol–water partition coefficient (Wildman–Crippen LogP) is 3.99. The summed E-state index contributed by atoms with van der Waals surface area (Å²) in [6.45, 7) is 0.971. The van der Waals surface area contributed by atoms with Crippen molar-refractivity contribution in [3.63, 3.8) is 0 Å². The van der Waals surface area contributed by atoms with Crippen molar-refractivity contribution < 1.29 is 8.78 Å². The zero-order chi connectivity index (χ0) is 13.7. The Kier molecular flexibility index (Phi) is 4.88. The molecule has 0 aliphatic carbocycles. The lowest BCUT2D eigenvalue weighted by Crippen LogP contribution is -2.14. The number of hydrogen-bond donors (Lipinski definition) is 1. The maximum absolute atomic E-state index is 13.4. The molecule has 0 radical (unpaired) electrons. The molecule has 0 heterocycles. The maximum Gasteiger partial charge on any atom is 0.130 e. The third-order valence-corrected chi connectivity index (χ3v) is 3.11. The molecule has 2 aromatic carbocycles. The first-order chi connectivity index (χ1) is 9.19. The Hall–Kier alpha value is -1.45. The summed E-state index contributed by atoms with van der Waals surface area (Å²) in [5.74, 6) is -0.612. The lowest BCUT2D eigenvalue weighted by atomic mass is 10.1. The van der Waals surface area contributed by atoms with E-state index in [0.717, 1.165) is 17.2 Å². The van der Waals surface area contributed by atoms with Crippen molar-refractivity contribution in [2.75, 3.05) is 0 Å². The standard InChI is InChI=1S/C15H14ClF2N/c16-8-11-2-1-3-12(6-11)9-19-10-13-4-5-14(17)7-15(13)18/h1-7,19H,8-10H2. The molecule has 4 heteroatoms. The number of nitrogens with one attached hydrogen (secondary N) is 1. The number of rotatable bonds is 5. The number of alkyl halides is 1. The fourth-order valence-electron chi connectivity index (χ4n) is 1.83. The van der Waals surface area contributed by atoms with Gasteiger partial charge in [-0.05, 0) is 17.2 Å². The van der Waals surface area contributed by atoms with E-state index >= 15 is 0 Å². The predicted molar refractivity (Wildman–Crippen MR) is 72.9 cm³/mol. The number of hydrogen-bond acceptors (Lipinski definition) is 1. The van der Waals surface area contributed by atoms with Crippen molar-refractivity contribution in [2.45, 2.75) is 19.0 Å². The molecule has 0 aliphatic rings. The van der Waals surface area contributed by atoms with Gasteiger partial charge in [0.1, 0.15) is 11.6 Å². The third-order valence-electron chi connectivity index (χ3n) is 2.81. The maximum atomic E-state index is 13.4. The first kappa shape index (κ1) is 14.0. The van der Waals surface area contributed by atoms with Crippen LogP contribution in [0, 0.1) is 11.6 Å². The molecule has 1 nitrogen and oxygen atoms in total. The van der Waals surface area contributed by atoms with Gasteiger partial charge in [-0.15, -0.1) is 11.6 Å². The molecular weight excluding hydrogens is 268 g/mol. The van der Waals surface area contributed by atoms with Crippen LogP contribution in [0.25, 0.3) is 0 Å². The van der Waals surface area contributed by atoms with Crippen molar-refractivity contribution >= 4 is 11.6 Å². The highest BCUT2D eigenvalue weighted by Gasteiger charge is 2.03. The molecule has 2 aromatic rings. The van der Waals surface area contributed by atoms with Crippen molar-refractivity contribution in [3.05, 3.63) is 70.8 Å². The van der Waals surface area contributed by atoms with Gasteiger partial charge in [-0.2, -0.15) is 0 Å². The lowest BCUT2D eigenvalue weighted by molar-refractivity contribution is 0.560. The second-order valence-electron chi connectivity index (χ2n) is 4.29. The van der Waals surface area contributed by atoms with Gasteiger partial charge in [0, 0.05) is 30.6 Å². The molecule has 0 saturated heterocycles. The van der Waals surface area contributed by atoms with Gasteiger partial charge in [-0.3, -0.25) is 0 Å². The van der Waals surface area contributed by atoms with E-state index in [0.29, 0.717) is 24.5 Å². The van der Waals surface area contributed by atoms with Crippen molar-refractivity contribution in [1.82, 2.24) is 5.32 Å². The summed E-state index contributed by atoms with van der Waals surface area (Å²) in [6, 6.07) is 11.5. The molecule has 1 N–H and O–H groups in total. The molecule has 0 saturated carbocycles. The average Bonchev–Trinajstić information content (AvgIpc) is 2.41. The Morgan fingerprint density at radius 1 is 0.947 bits per heavy atom. The average molecular weight is 282 g/mol. The first-order valence-electron chi connectivity index (χ1n) is 5.97. The second kappa shape index (κ2) is 6.64. The molecule has 0 amide bonds. The highest BCUT2D eigenvalue weighted by Crippen LogP contribution is 2.10. The van der Waals surface area contributed by atoms with Crippen molar-refractivity contribution in [1.29, 1.82) is 0 Å². The van der Waals surface area contributed by atoms with Gasteiger partial charge in [0.15, 0.2) is 0 Å². The smallest absolute Gasteiger partial charge is 0.130 e. The molecule has 0 bridgehead atoms.